The number of morpholine rings is 1. The molecule has 106 valence electrons. The summed E-state index contributed by atoms with van der Waals surface area (Å²) in [5.41, 5.74) is 1.54. The number of hydrogen-bond donors (Lipinski definition) is 1. The number of aromatic amines is 1. The van der Waals surface area contributed by atoms with E-state index >= 15 is 0 Å². The van der Waals surface area contributed by atoms with Crippen molar-refractivity contribution in [2.24, 2.45) is 7.05 Å². The van der Waals surface area contributed by atoms with Crippen LogP contribution in [-0.2, 0) is 11.8 Å². The number of amides is 1. The number of imidazole rings is 1. The molecule has 1 fully saturated rings. The molecule has 0 radical (unpaired) electrons. The van der Waals surface area contributed by atoms with Crippen LogP contribution in [0.25, 0.3) is 0 Å². The summed E-state index contributed by atoms with van der Waals surface area (Å²) in [4.78, 5) is 21.9. The molecule has 3 heterocycles. The molecule has 1 aliphatic heterocycles. The fourth-order valence-corrected chi connectivity index (χ4v) is 2.41. The zero-order valence-electron chi connectivity index (χ0n) is 11.5. The molecule has 1 amide bonds. The van der Waals surface area contributed by atoms with E-state index in [9.17, 15) is 4.79 Å². The maximum absolute atomic E-state index is 12.6. The lowest BCUT2D eigenvalue weighted by Crippen LogP contribution is -2.44. The molecule has 0 bridgehead atoms. The molecule has 7 heteroatoms. The summed E-state index contributed by atoms with van der Waals surface area (Å²) in [7, 11) is 1.76. The average molecular weight is 275 g/mol. The zero-order valence-corrected chi connectivity index (χ0v) is 11.5. The maximum Gasteiger partial charge on any atom is 0.272 e. The zero-order chi connectivity index (χ0) is 14.1. The van der Waals surface area contributed by atoms with E-state index in [1.165, 1.54) is 0 Å². The fourth-order valence-electron chi connectivity index (χ4n) is 2.41. The van der Waals surface area contributed by atoms with Crippen molar-refractivity contribution in [3.63, 3.8) is 0 Å². The van der Waals surface area contributed by atoms with Crippen molar-refractivity contribution in [1.29, 1.82) is 0 Å². The van der Waals surface area contributed by atoms with Gasteiger partial charge in [0.1, 0.15) is 17.6 Å². The molecule has 0 spiro atoms. The summed E-state index contributed by atoms with van der Waals surface area (Å²) in [6.45, 7) is 3.48. The van der Waals surface area contributed by atoms with Gasteiger partial charge in [0, 0.05) is 31.7 Å². The number of carbonyl (C=O) groups excluding carboxylic acids is 1. The van der Waals surface area contributed by atoms with Crippen molar-refractivity contribution < 1.29 is 9.53 Å². The van der Waals surface area contributed by atoms with E-state index in [-0.39, 0.29) is 11.9 Å². The largest absolute Gasteiger partial charge is 0.377 e. The summed E-state index contributed by atoms with van der Waals surface area (Å²) in [6.07, 6.45) is 3.39. The van der Waals surface area contributed by atoms with Crippen LogP contribution in [-0.4, -0.2) is 50.3 Å². The normalized spacial score (nSPS) is 19.3. The van der Waals surface area contributed by atoms with Crippen molar-refractivity contribution in [3.8, 4) is 0 Å². The number of hydrogen-bond acceptors (Lipinski definition) is 4. The molecule has 7 nitrogen and oxygen atoms in total. The van der Waals surface area contributed by atoms with Crippen LogP contribution in [0.3, 0.4) is 0 Å². The van der Waals surface area contributed by atoms with Crippen LogP contribution < -0.4 is 0 Å². The number of rotatable bonds is 2. The van der Waals surface area contributed by atoms with Gasteiger partial charge in [-0.3, -0.25) is 9.48 Å². The Bertz CT molecular complexity index is 618. The van der Waals surface area contributed by atoms with Gasteiger partial charge in [0.05, 0.1) is 13.2 Å². The first-order valence-electron chi connectivity index (χ1n) is 6.55. The van der Waals surface area contributed by atoms with Gasteiger partial charge in [-0.05, 0) is 13.0 Å². The van der Waals surface area contributed by atoms with Gasteiger partial charge in [-0.1, -0.05) is 0 Å². The Kier molecular flexibility index (Phi) is 3.27. The standard InChI is InChI=1S/C13H17N5O2/c1-9-7-14-12(16-9)11-8-20-6-5-18(11)13(19)10-3-4-15-17(10)2/h3-4,7,11H,5-6,8H2,1-2H3,(H,14,16)/t11-/m1/s1. The summed E-state index contributed by atoms with van der Waals surface area (Å²) in [5.74, 6) is 0.713. The van der Waals surface area contributed by atoms with Gasteiger partial charge in [-0.25, -0.2) is 4.98 Å². The van der Waals surface area contributed by atoms with Crippen LogP contribution in [0.15, 0.2) is 18.5 Å². The lowest BCUT2D eigenvalue weighted by Gasteiger charge is -2.34. The predicted octanol–water partition coefficient (Wildman–Crippen LogP) is 0.665. The van der Waals surface area contributed by atoms with Gasteiger partial charge in [0.15, 0.2) is 0 Å². The molecule has 0 aliphatic carbocycles. The number of aryl methyl sites for hydroxylation is 2. The second kappa shape index (κ2) is 5.09. The highest BCUT2D eigenvalue weighted by Crippen LogP contribution is 2.23. The number of nitrogens with zero attached hydrogens (tertiary/aromatic N) is 4. The van der Waals surface area contributed by atoms with Crippen LogP contribution in [0.4, 0.5) is 0 Å². The van der Waals surface area contributed by atoms with Crippen LogP contribution in [0, 0.1) is 6.92 Å². The third-order valence-electron chi connectivity index (χ3n) is 3.47. The Morgan fingerprint density at radius 3 is 3.05 bits per heavy atom. The molecule has 1 atom stereocenters. The highest BCUT2D eigenvalue weighted by Gasteiger charge is 2.32. The average Bonchev–Trinajstić information content (AvgIpc) is 3.07. The fraction of sp³-hybridized carbons (Fsp3) is 0.462. The predicted molar refractivity (Wildman–Crippen MR) is 71.1 cm³/mol. The van der Waals surface area contributed by atoms with E-state index in [2.05, 4.69) is 15.1 Å². The van der Waals surface area contributed by atoms with Crippen molar-refractivity contribution in [1.82, 2.24) is 24.6 Å². The molecule has 1 N–H and O–H groups in total. The smallest absolute Gasteiger partial charge is 0.272 e. The minimum Gasteiger partial charge on any atom is -0.377 e. The van der Waals surface area contributed by atoms with E-state index < -0.39 is 0 Å². The Hall–Kier alpha value is -2.15. The lowest BCUT2D eigenvalue weighted by molar-refractivity contribution is -0.00556. The highest BCUT2D eigenvalue weighted by molar-refractivity contribution is 5.92. The Morgan fingerprint density at radius 1 is 1.55 bits per heavy atom. The molecule has 0 unspecified atom stereocenters. The quantitative estimate of drug-likeness (QED) is 0.873. The summed E-state index contributed by atoms with van der Waals surface area (Å²) < 4.78 is 7.08. The second-order valence-corrected chi connectivity index (χ2v) is 4.88. The van der Waals surface area contributed by atoms with Crippen LogP contribution in [0.5, 0.6) is 0 Å². The first kappa shape index (κ1) is 12.9. The minimum atomic E-state index is -0.181. The molecule has 1 aliphatic rings. The molecule has 3 rings (SSSR count). The van der Waals surface area contributed by atoms with E-state index in [4.69, 9.17) is 4.74 Å². The summed E-state index contributed by atoms with van der Waals surface area (Å²) in [5, 5.41) is 4.05. The van der Waals surface area contributed by atoms with Crippen molar-refractivity contribution in [2.45, 2.75) is 13.0 Å². The van der Waals surface area contributed by atoms with Crippen molar-refractivity contribution in [2.75, 3.05) is 19.8 Å². The molecule has 2 aromatic heterocycles. The number of nitrogens with one attached hydrogen (secondary N) is 1. The molecular weight excluding hydrogens is 258 g/mol. The van der Waals surface area contributed by atoms with Gasteiger partial charge in [0.25, 0.3) is 5.91 Å². The van der Waals surface area contributed by atoms with E-state index in [1.54, 1.807) is 35.1 Å². The van der Waals surface area contributed by atoms with Crippen LogP contribution in [0.2, 0.25) is 0 Å². The van der Waals surface area contributed by atoms with Crippen LogP contribution in [0.1, 0.15) is 28.0 Å². The first-order valence-corrected chi connectivity index (χ1v) is 6.55. The minimum absolute atomic E-state index is 0.0487. The molecule has 0 aromatic carbocycles. The SMILES string of the molecule is Cc1cnc([C@H]2COCCN2C(=O)c2ccnn2C)[nH]1. The first-order chi connectivity index (χ1) is 9.66. The summed E-state index contributed by atoms with van der Waals surface area (Å²) in [6, 6.07) is 1.54. The molecule has 2 aromatic rings. The number of aromatic nitrogens is 4. The number of ether oxygens (including phenoxy) is 1. The van der Waals surface area contributed by atoms with E-state index in [0.717, 1.165) is 11.5 Å². The van der Waals surface area contributed by atoms with Crippen molar-refractivity contribution in [3.05, 3.63) is 35.7 Å². The van der Waals surface area contributed by atoms with Gasteiger partial charge in [0.2, 0.25) is 0 Å². The summed E-state index contributed by atoms with van der Waals surface area (Å²) >= 11 is 0. The third kappa shape index (κ3) is 2.20. The Balaban J connectivity index is 1.89. The molecular formula is C13H17N5O2. The second-order valence-electron chi connectivity index (χ2n) is 4.88. The highest BCUT2D eigenvalue weighted by atomic mass is 16.5. The van der Waals surface area contributed by atoms with Crippen LogP contribution >= 0.6 is 0 Å². The Morgan fingerprint density at radius 2 is 2.40 bits per heavy atom. The lowest BCUT2D eigenvalue weighted by atomic mass is 10.2. The van der Waals surface area contributed by atoms with E-state index in [0.29, 0.717) is 25.5 Å². The Labute approximate surface area is 116 Å². The molecule has 0 saturated carbocycles. The maximum atomic E-state index is 12.6. The van der Waals surface area contributed by atoms with E-state index in [1.807, 2.05) is 6.92 Å². The number of H-pyrrole nitrogens is 1. The number of carbonyl (C=O) groups is 1. The van der Waals surface area contributed by atoms with Crippen molar-refractivity contribution >= 4 is 5.91 Å². The van der Waals surface area contributed by atoms with Gasteiger partial charge < -0.3 is 14.6 Å². The topological polar surface area (TPSA) is 76.0 Å². The monoisotopic (exact) mass is 275 g/mol. The third-order valence-corrected chi connectivity index (χ3v) is 3.47. The molecule has 20 heavy (non-hydrogen) atoms. The molecule has 1 saturated heterocycles. The van der Waals surface area contributed by atoms with Gasteiger partial charge >= 0.3 is 0 Å². The van der Waals surface area contributed by atoms with Gasteiger partial charge in [-0.15, -0.1) is 0 Å². The van der Waals surface area contributed by atoms with Gasteiger partial charge in [-0.2, -0.15) is 5.10 Å².